The lowest BCUT2D eigenvalue weighted by Gasteiger charge is -2.11. The Morgan fingerprint density at radius 1 is 1.43 bits per heavy atom. The molecule has 0 fully saturated rings. The molecule has 7 nitrogen and oxygen atoms in total. The van der Waals surface area contributed by atoms with Gasteiger partial charge in [0.05, 0.1) is 13.2 Å². The Morgan fingerprint density at radius 3 is 2.50 bits per heavy atom. The molecular formula is C7H11NO6. The molecule has 0 rings (SSSR count). The average molecular weight is 205 g/mol. The molecule has 0 bridgehead atoms. The van der Waals surface area contributed by atoms with Crippen LogP contribution in [0.25, 0.3) is 0 Å². The minimum Gasteiger partial charge on any atom is -0.480 e. The van der Waals surface area contributed by atoms with Gasteiger partial charge >= 0.3 is 11.9 Å². The van der Waals surface area contributed by atoms with Crippen LogP contribution in [0.3, 0.4) is 0 Å². The molecule has 1 atom stereocenters. The Balaban J connectivity index is 3.83. The van der Waals surface area contributed by atoms with Gasteiger partial charge in [0, 0.05) is 6.42 Å². The normalized spacial score (nSPS) is 11.7. The topological polar surface area (TPSA) is 113 Å². The van der Waals surface area contributed by atoms with Crippen molar-refractivity contribution in [3.05, 3.63) is 0 Å². The number of carboxylic acids is 2. The van der Waals surface area contributed by atoms with E-state index in [1.54, 1.807) is 0 Å². The summed E-state index contributed by atoms with van der Waals surface area (Å²) >= 11 is 0. The first-order chi connectivity index (χ1) is 6.57. The van der Waals surface area contributed by atoms with Gasteiger partial charge in [-0.25, -0.2) is 0 Å². The minimum atomic E-state index is -1.18. The van der Waals surface area contributed by atoms with Gasteiger partial charge in [-0.3, -0.25) is 19.7 Å². The van der Waals surface area contributed by atoms with Gasteiger partial charge in [-0.05, 0) is 0 Å². The van der Waals surface area contributed by atoms with Gasteiger partial charge in [0.1, 0.15) is 6.04 Å². The smallest absolute Gasteiger partial charge is 0.320 e. The molecule has 7 heteroatoms. The van der Waals surface area contributed by atoms with Crippen molar-refractivity contribution in [3.8, 4) is 0 Å². The van der Waals surface area contributed by atoms with Crippen molar-refractivity contribution in [1.82, 2.24) is 5.32 Å². The Morgan fingerprint density at radius 2 is 2.07 bits per heavy atom. The highest BCUT2D eigenvalue weighted by Gasteiger charge is 2.17. The summed E-state index contributed by atoms with van der Waals surface area (Å²) in [6, 6.07) is -1.02. The van der Waals surface area contributed by atoms with Crippen molar-refractivity contribution >= 4 is 18.4 Å². The monoisotopic (exact) mass is 205 g/mol. The van der Waals surface area contributed by atoms with Gasteiger partial charge in [-0.15, -0.1) is 0 Å². The van der Waals surface area contributed by atoms with Crippen molar-refractivity contribution in [3.63, 3.8) is 0 Å². The van der Waals surface area contributed by atoms with Crippen LogP contribution >= 0.6 is 0 Å². The van der Waals surface area contributed by atoms with Crippen molar-refractivity contribution in [2.24, 2.45) is 0 Å². The average Bonchev–Trinajstić information content (AvgIpc) is 2.10. The summed E-state index contributed by atoms with van der Waals surface area (Å²) in [6.45, 7) is -0.304. The van der Waals surface area contributed by atoms with Crippen LogP contribution in [0.4, 0.5) is 0 Å². The van der Waals surface area contributed by atoms with E-state index < -0.39 is 24.5 Å². The maximum atomic E-state index is 10.5. The van der Waals surface area contributed by atoms with Crippen LogP contribution in [0.5, 0.6) is 0 Å². The zero-order valence-electron chi connectivity index (χ0n) is 7.30. The fourth-order valence-corrected chi connectivity index (χ4v) is 0.757. The molecule has 0 amide bonds. The van der Waals surface area contributed by atoms with Gasteiger partial charge in [0.15, 0.2) is 0 Å². The molecule has 0 aliphatic heterocycles. The van der Waals surface area contributed by atoms with Gasteiger partial charge < -0.3 is 14.9 Å². The second-order valence-electron chi connectivity index (χ2n) is 2.42. The number of aliphatic carboxylic acids is 2. The number of nitrogens with one attached hydrogen (secondary N) is 1. The number of hydrogen-bond acceptors (Lipinski definition) is 5. The predicted octanol–water partition coefficient (Wildman–Crippen LogP) is -1.32. The van der Waals surface area contributed by atoms with Crippen molar-refractivity contribution in [2.75, 3.05) is 13.2 Å². The fourth-order valence-electron chi connectivity index (χ4n) is 0.757. The molecule has 0 aliphatic rings. The summed E-state index contributed by atoms with van der Waals surface area (Å²) in [7, 11) is 0. The molecule has 14 heavy (non-hydrogen) atoms. The van der Waals surface area contributed by atoms with E-state index in [1.165, 1.54) is 0 Å². The summed E-state index contributed by atoms with van der Waals surface area (Å²) < 4.78 is 4.29. The van der Waals surface area contributed by atoms with E-state index in [0.717, 1.165) is 0 Å². The summed E-state index contributed by atoms with van der Waals surface area (Å²) in [5.74, 6) is -2.33. The van der Waals surface area contributed by atoms with Crippen LogP contribution in [0.15, 0.2) is 0 Å². The molecule has 80 valence electrons. The molecule has 0 spiro atoms. The number of rotatable bonds is 8. The molecule has 0 saturated carbocycles. The van der Waals surface area contributed by atoms with Crippen LogP contribution < -0.4 is 5.32 Å². The van der Waals surface area contributed by atoms with E-state index in [2.05, 4.69) is 10.1 Å². The van der Waals surface area contributed by atoms with Gasteiger partial charge in [0.25, 0.3) is 6.47 Å². The molecule has 0 heterocycles. The first-order valence-electron chi connectivity index (χ1n) is 3.81. The summed E-state index contributed by atoms with van der Waals surface area (Å²) in [5, 5.41) is 19.1. The lowest BCUT2D eigenvalue weighted by molar-refractivity contribution is -0.142. The molecule has 0 saturated heterocycles. The van der Waals surface area contributed by atoms with E-state index >= 15 is 0 Å². The van der Waals surface area contributed by atoms with Crippen LogP contribution in [0.2, 0.25) is 0 Å². The van der Waals surface area contributed by atoms with Gasteiger partial charge in [-0.2, -0.15) is 0 Å². The van der Waals surface area contributed by atoms with E-state index in [4.69, 9.17) is 10.2 Å². The zero-order chi connectivity index (χ0) is 11.0. The summed E-state index contributed by atoms with van der Waals surface area (Å²) in [6.07, 6.45) is 0.0291. The Hall–Kier alpha value is -1.63. The Bertz CT molecular complexity index is 216. The predicted molar refractivity (Wildman–Crippen MR) is 43.7 cm³/mol. The second kappa shape index (κ2) is 6.84. The maximum Gasteiger partial charge on any atom is 0.320 e. The highest BCUT2D eigenvalue weighted by Crippen LogP contribution is 1.92. The molecule has 0 aliphatic carbocycles. The zero-order valence-corrected chi connectivity index (χ0v) is 7.30. The van der Waals surface area contributed by atoms with Crippen LogP contribution in [0, 0.1) is 0 Å². The van der Waals surface area contributed by atoms with Crippen LogP contribution in [0.1, 0.15) is 6.42 Å². The molecular weight excluding hydrogens is 194 g/mol. The largest absolute Gasteiger partial charge is 0.480 e. The number of carbonyl (C=O) groups is 3. The van der Waals surface area contributed by atoms with Crippen molar-refractivity contribution < 1.29 is 29.3 Å². The van der Waals surface area contributed by atoms with Gasteiger partial charge in [-0.1, -0.05) is 0 Å². The minimum absolute atomic E-state index is 0.0291. The van der Waals surface area contributed by atoms with Crippen molar-refractivity contribution in [1.29, 1.82) is 0 Å². The van der Waals surface area contributed by atoms with Gasteiger partial charge in [0.2, 0.25) is 0 Å². The third-order valence-electron chi connectivity index (χ3n) is 1.39. The fraction of sp³-hybridized carbons (Fsp3) is 0.571. The molecule has 3 N–H and O–H groups in total. The highest BCUT2D eigenvalue weighted by atomic mass is 16.5. The molecule has 0 aromatic carbocycles. The highest BCUT2D eigenvalue weighted by molar-refractivity contribution is 5.75. The molecule has 0 unspecified atom stereocenters. The Kier molecular flexibility index (Phi) is 6.04. The first kappa shape index (κ1) is 12.4. The lowest BCUT2D eigenvalue weighted by atomic mass is 10.2. The Labute approximate surface area is 79.7 Å². The number of carboxylic acid groups (broad SMARTS) is 2. The third kappa shape index (κ3) is 5.95. The SMILES string of the molecule is O=COCC[C@H](NCC(=O)O)C(=O)O. The number of ether oxygens (including phenoxy) is 1. The summed E-state index contributed by atoms with van der Waals surface area (Å²) in [4.78, 5) is 30.4. The van der Waals surface area contributed by atoms with E-state index in [0.29, 0.717) is 0 Å². The second-order valence-corrected chi connectivity index (χ2v) is 2.42. The van der Waals surface area contributed by atoms with E-state index in [-0.39, 0.29) is 19.5 Å². The molecule has 0 aromatic rings. The molecule has 0 aromatic heterocycles. The standard InChI is InChI=1S/C7H11NO6/c9-4-14-2-1-5(7(12)13)8-3-6(10)11/h4-5,8H,1-3H2,(H,10,11)(H,12,13)/t5-/m0/s1. The quantitative estimate of drug-likeness (QED) is 0.332. The summed E-state index contributed by atoms with van der Waals surface area (Å²) in [5.41, 5.74) is 0. The first-order valence-corrected chi connectivity index (χ1v) is 3.81. The number of carbonyl (C=O) groups excluding carboxylic acids is 1. The van der Waals surface area contributed by atoms with Crippen molar-refractivity contribution in [2.45, 2.75) is 12.5 Å². The van der Waals surface area contributed by atoms with E-state index in [1.807, 2.05) is 0 Å². The molecule has 0 radical (unpaired) electrons. The lowest BCUT2D eigenvalue weighted by Crippen LogP contribution is -2.40. The van der Waals surface area contributed by atoms with Crippen LogP contribution in [-0.4, -0.2) is 47.8 Å². The van der Waals surface area contributed by atoms with Crippen LogP contribution in [-0.2, 0) is 19.1 Å². The van der Waals surface area contributed by atoms with E-state index in [9.17, 15) is 14.4 Å². The maximum absolute atomic E-state index is 10.5. The number of hydrogen-bond donors (Lipinski definition) is 3. The third-order valence-corrected chi connectivity index (χ3v) is 1.39.